The van der Waals surface area contributed by atoms with Gasteiger partial charge in [-0.1, -0.05) is 36.4 Å². The number of amides is 1. The van der Waals surface area contributed by atoms with Crippen molar-refractivity contribution in [1.82, 2.24) is 5.43 Å². The molecule has 1 amide bonds. The predicted octanol–water partition coefficient (Wildman–Crippen LogP) is 5.94. The lowest BCUT2D eigenvalue weighted by Gasteiger charge is -2.13. The Morgan fingerprint density at radius 1 is 0.971 bits per heavy atom. The van der Waals surface area contributed by atoms with Crippen LogP contribution in [0, 0.1) is 9.39 Å². The smallest absolute Gasteiger partial charge is 0.275 e. The van der Waals surface area contributed by atoms with Gasteiger partial charge >= 0.3 is 0 Å². The second-order valence-corrected chi connectivity index (χ2v) is 8.71. The van der Waals surface area contributed by atoms with Crippen LogP contribution in [0.5, 0.6) is 17.2 Å². The van der Waals surface area contributed by atoms with E-state index in [1.165, 1.54) is 25.5 Å². The Labute approximate surface area is 215 Å². The van der Waals surface area contributed by atoms with Crippen LogP contribution in [0.1, 0.15) is 21.5 Å². The van der Waals surface area contributed by atoms with E-state index in [1.54, 1.807) is 31.4 Å². The van der Waals surface area contributed by atoms with Crippen molar-refractivity contribution < 1.29 is 23.4 Å². The summed E-state index contributed by atoms with van der Waals surface area (Å²) in [7, 11) is 3.07. The Bertz CT molecular complexity index is 1390. The van der Waals surface area contributed by atoms with Gasteiger partial charge < -0.3 is 14.2 Å². The quantitative estimate of drug-likeness (QED) is 0.158. The molecule has 0 spiro atoms. The van der Waals surface area contributed by atoms with E-state index in [4.69, 9.17) is 14.2 Å². The Balaban J connectivity index is 1.48. The maximum Gasteiger partial charge on any atom is 0.275 e. The molecule has 4 aromatic carbocycles. The van der Waals surface area contributed by atoms with Gasteiger partial charge in [-0.2, -0.15) is 5.10 Å². The molecule has 0 unspecified atom stereocenters. The molecule has 4 aromatic rings. The molecule has 0 saturated heterocycles. The van der Waals surface area contributed by atoms with E-state index in [1.807, 2.05) is 36.4 Å². The maximum atomic E-state index is 13.1. The normalized spacial score (nSPS) is 11.0. The molecule has 6 nitrogen and oxygen atoms in total. The summed E-state index contributed by atoms with van der Waals surface area (Å²) in [4.78, 5) is 12.8. The van der Waals surface area contributed by atoms with Crippen molar-refractivity contribution in [3.63, 3.8) is 0 Å². The Kier molecular flexibility index (Phi) is 7.81. The summed E-state index contributed by atoms with van der Waals surface area (Å²) in [6, 6.07) is 21.1. The molecular weight excluding hydrogens is 562 g/mol. The van der Waals surface area contributed by atoms with Gasteiger partial charge in [0.15, 0.2) is 11.5 Å². The van der Waals surface area contributed by atoms with Crippen LogP contribution >= 0.6 is 22.6 Å². The van der Waals surface area contributed by atoms with Crippen molar-refractivity contribution in [3.8, 4) is 17.2 Å². The monoisotopic (exact) mass is 584 g/mol. The summed E-state index contributed by atoms with van der Waals surface area (Å²) in [6.45, 7) is 0.268. The fraction of sp³-hybridized carbons (Fsp3) is 0.111. The number of hydrogen-bond acceptors (Lipinski definition) is 5. The van der Waals surface area contributed by atoms with Crippen LogP contribution in [-0.4, -0.2) is 26.3 Å². The fourth-order valence-electron chi connectivity index (χ4n) is 3.48. The van der Waals surface area contributed by atoms with Gasteiger partial charge in [-0.05, 0) is 80.9 Å². The van der Waals surface area contributed by atoms with Crippen molar-refractivity contribution >= 4 is 45.5 Å². The summed E-state index contributed by atoms with van der Waals surface area (Å²) in [6.07, 6.45) is 1.53. The lowest BCUT2D eigenvalue weighted by atomic mass is 10.1. The molecule has 178 valence electrons. The van der Waals surface area contributed by atoms with E-state index < -0.39 is 0 Å². The molecule has 4 rings (SSSR count). The van der Waals surface area contributed by atoms with Gasteiger partial charge in [-0.3, -0.25) is 4.79 Å². The molecule has 0 atom stereocenters. The van der Waals surface area contributed by atoms with E-state index in [-0.39, 0.29) is 18.3 Å². The van der Waals surface area contributed by atoms with Crippen molar-refractivity contribution in [2.24, 2.45) is 5.10 Å². The third kappa shape index (κ3) is 5.89. The molecule has 0 bridgehead atoms. The minimum atomic E-state index is -0.384. The molecule has 0 aliphatic heterocycles. The number of nitrogens with zero attached hydrogens (tertiary/aromatic N) is 1. The number of benzene rings is 4. The molecule has 8 heteroatoms. The molecule has 1 N–H and O–H groups in total. The zero-order valence-electron chi connectivity index (χ0n) is 19.0. The van der Waals surface area contributed by atoms with Gasteiger partial charge in [-0.15, -0.1) is 0 Å². The van der Waals surface area contributed by atoms with E-state index in [0.29, 0.717) is 28.4 Å². The van der Waals surface area contributed by atoms with Crippen LogP contribution in [-0.2, 0) is 6.61 Å². The topological polar surface area (TPSA) is 69.2 Å². The van der Waals surface area contributed by atoms with Gasteiger partial charge in [0.05, 0.1) is 29.6 Å². The molecule has 0 aliphatic rings. The highest BCUT2D eigenvalue weighted by molar-refractivity contribution is 14.1. The molecular formula is C27H22FIN2O4. The predicted molar refractivity (Wildman–Crippen MR) is 142 cm³/mol. The SMILES string of the molecule is COc1cc2ccccc2cc1C(=O)N/N=C\c1cc(I)c(OCc2ccc(F)cc2)c(OC)c1. The highest BCUT2D eigenvalue weighted by atomic mass is 127. The summed E-state index contributed by atoms with van der Waals surface area (Å²) in [5, 5.41) is 6.01. The zero-order valence-corrected chi connectivity index (χ0v) is 21.2. The Morgan fingerprint density at radius 2 is 1.66 bits per heavy atom. The lowest BCUT2D eigenvalue weighted by molar-refractivity contribution is 0.0952. The number of rotatable bonds is 8. The van der Waals surface area contributed by atoms with Crippen LogP contribution in [0.25, 0.3) is 10.8 Å². The van der Waals surface area contributed by atoms with Gasteiger partial charge in [0.25, 0.3) is 5.91 Å². The summed E-state index contributed by atoms with van der Waals surface area (Å²) in [5.74, 6) is 0.873. The van der Waals surface area contributed by atoms with Crippen LogP contribution in [0.3, 0.4) is 0 Å². The van der Waals surface area contributed by atoms with E-state index in [2.05, 4.69) is 33.1 Å². The average molecular weight is 584 g/mol. The number of ether oxygens (including phenoxy) is 3. The average Bonchev–Trinajstić information content (AvgIpc) is 2.87. The van der Waals surface area contributed by atoms with Crippen LogP contribution in [0.2, 0.25) is 0 Å². The lowest BCUT2D eigenvalue weighted by Crippen LogP contribution is -2.18. The third-order valence-corrected chi connectivity index (χ3v) is 6.04. The maximum absolute atomic E-state index is 13.1. The van der Waals surface area contributed by atoms with Gasteiger partial charge in [0.1, 0.15) is 18.2 Å². The number of carbonyl (C=O) groups excluding carboxylic acids is 1. The van der Waals surface area contributed by atoms with Crippen LogP contribution < -0.4 is 19.6 Å². The highest BCUT2D eigenvalue weighted by Crippen LogP contribution is 2.34. The highest BCUT2D eigenvalue weighted by Gasteiger charge is 2.14. The minimum absolute atomic E-state index is 0.268. The fourth-order valence-corrected chi connectivity index (χ4v) is 4.26. The van der Waals surface area contributed by atoms with Crippen molar-refractivity contribution in [2.45, 2.75) is 6.61 Å². The molecule has 0 fully saturated rings. The van der Waals surface area contributed by atoms with E-state index >= 15 is 0 Å². The van der Waals surface area contributed by atoms with Crippen LogP contribution in [0.15, 0.2) is 77.9 Å². The van der Waals surface area contributed by atoms with Gasteiger partial charge in [-0.25, -0.2) is 9.82 Å². The first kappa shape index (κ1) is 24.5. The number of hydrogen-bond donors (Lipinski definition) is 1. The van der Waals surface area contributed by atoms with Crippen LogP contribution in [0.4, 0.5) is 4.39 Å². The summed E-state index contributed by atoms with van der Waals surface area (Å²) in [5.41, 5.74) is 4.49. The number of halogens is 2. The van der Waals surface area contributed by atoms with Gasteiger partial charge in [0, 0.05) is 0 Å². The molecule has 0 aromatic heterocycles. The number of fused-ring (bicyclic) bond motifs is 1. The minimum Gasteiger partial charge on any atom is -0.496 e. The molecule has 0 radical (unpaired) electrons. The number of nitrogens with one attached hydrogen (secondary N) is 1. The molecule has 35 heavy (non-hydrogen) atoms. The molecule has 0 saturated carbocycles. The largest absolute Gasteiger partial charge is 0.496 e. The van der Waals surface area contributed by atoms with Gasteiger partial charge in [0.2, 0.25) is 0 Å². The first-order valence-corrected chi connectivity index (χ1v) is 11.7. The standard InChI is InChI=1S/C27H22FIN2O4/c1-33-24-14-20-6-4-3-5-19(20)13-22(24)27(32)31-30-15-18-11-23(29)26(25(12-18)34-2)35-16-17-7-9-21(28)10-8-17/h3-15H,16H2,1-2H3,(H,31,32)/b30-15-. The summed E-state index contributed by atoms with van der Waals surface area (Å²) >= 11 is 2.14. The number of carbonyl (C=O) groups is 1. The molecule has 0 aliphatic carbocycles. The van der Waals surface area contributed by atoms with E-state index in [0.717, 1.165) is 19.9 Å². The van der Waals surface area contributed by atoms with Crippen molar-refractivity contribution in [1.29, 1.82) is 0 Å². The Hall–Kier alpha value is -3.66. The van der Waals surface area contributed by atoms with E-state index in [9.17, 15) is 9.18 Å². The second kappa shape index (κ2) is 11.2. The second-order valence-electron chi connectivity index (χ2n) is 7.55. The number of hydrazone groups is 1. The van der Waals surface area contributed by atoms with Crippen molar-refractivity contribution in [3.05, 3.63) is 98.9 Å². The zero-order chi connectivity index (χ0) is 24.8. The Morgan fingerprint density at radius 3 is 2.34 bits per heavy atom. The number of methoxy groups -OCH3 is 2. The third-order valence-electron chi connectivity index (χ3n) is 5.24. The summed E-state index contributed by atoms with van der Waals surface area (Å²) < 4.78 is 30.7. The first-order valence-electron chi connectivity index (χ1n) is 10.6. The molecule has 0 heterocycles. The van der Waals surface area contributed by atoms with Crippen molar-refractivity contribution in [2.75, 3.05) is 14.2 Å². The first-order chi connectivity index (χ1) is 17.0.